The summed E-state index contributed by atoms with van der Waals surface area (Å²) in [5.74, 6) is -0.575. The van der Waals surface area contributed by atoms with E-state index in [0.29, 0.717) is 39.2 Å². The molecule has 178 valence electrons. The first kappa shape index (κ1) is 24.8. The minimum atomic E-state index is -1.20. The predicted molar refractivity (Wildman–Crippen MR) is 141 cm³/mol. The Balaban J connectivity index is 1.55. The van der Waals surface area contributed by atoms with Crippen LogP contribution < -0.4 is 9.47 Å². The number of carbonyl (C=O) groups is 2. The molecule has 3 aromatic rings. The topological polar surface area (TPSA) is 76.1 Å². The summed E-state index contributed by atoms with van der Waals surface area (Å²) in [5, 5.41) is 10.5. The maximum Gasteiger partial charge on any atom is 0.331 e. The Morgan fingerprint density at radius 2 is 1.83 bits per heavy atom. The summed E-state index contributed by atoms with van der Waals surface area (Å²) in [6, 6.07) is 20.0. The summed E-state index contributed by atoms with van der Waals surface area (Å²) in [6.07, 6.45) is 1.66. The smallest absolute Gasteiger partial charge is 0.331 e. The summed E-state index contributed by atoms with van der Waals surface area (Å²) in [5.41, 5.74) is 2.12. The highest BCUT2D eigenvalue weighted by molar-refractivity contribution is 8.26. The number of carbonyl (C=O) groups excluding carboxylic acids is 1. The zero-order valence-electron chi connectivity index (χ0n) is 18.5. The number of carboxylic acid groups (broad SMARTS) is 1. The van der Waals surface area contributed by atoms with Gasteiger partial charge in [-0.3, -0.25) is 9.69 Å². The molecule has 1 unspecified atom stereocenters. The highest BCUT2D eigenvalue weighted by Crippen LogP contribution is 2.39. The van der Waals surface area contributed by atoms with Crippen LogP contribution in [-0.2, 0) is 16.2 Å². The quantitative estimate of drug-likeness (QED) is 0.287. The zero-order valence-corrected chi connectivity index (χ0v) is 20.9. The van der Waals surface area contributed by atoms with E-state index in [4.69, 9.17) is 33.3 Å². The molecule has 6 nitrogen and oxygen atoms in total. The lowest BCUT2D eigenvalue weighted by Gasteiger charge is -2.23. The van der Waals surface area contributed by atoms with Crippen LogP contribution in [0.4, 0.5) is 0 Å². The zero-order chi connectivity index (χ0) is 24.9. The van der Waals surface area contributed by atoms with E-state index in [0.717, 1.165) is 22.2 Å². The largest absolute Gasteiger partial charge is 0.493 e. The highest BCUT2D eigenvalue weighted by Gasteiger charge is 2.41. The van der Waals surface area contributed by atoms with Crippen molar-refractivity contribution in [3.63, 3.8) is 0 Å². The molecule has 0 aromatic heterocycles. The number of rotatable bonds is 8. The number of halogens is 1. The molecule has 1 heterocycles. The summed E-state index contributed by atoms with van der Waals surface area (Å²) >= 11 is 12.4. The molecular formula is C26H20ClNO5S2. The van der Waals surface area contributed by atoms with Crippen LogP contribution in [-0.4, -0.2) is 33.3 Å². The first-order valence-corrected chi connectivity index (χ1v) is 12.1. The van der Waals surface area contributed by atoms with E-state index >= 15 is 0 Å². The molecule has 0 aliphatic carbocycles. The van der Waals surface area contributed by atoms with Gasteiger partial charge in [-0.1, -0.05) is 84.1 Å². The first-order valence-electron chi connectivity index (χ1n) is 10.5. The molecule has 4 rings (SSSR count). The number of nitrogens with zero attached hydrogens (tertiary/aromatic N) is 1. The van der Waals surface area contributed by atoms with Gasteiger partial charge in [-0.25, -0.2) is 4.79 Å². The van der Waals surface area contributed by atoms with Gasteiger partial charge in [0.15, 0.2) is 17.5 Å². The summed E-state index contributed by atoms with van der Waals surface area (Å²) < 4.78 is 11.5. The van der Waals surface area contributed by atoms with Gasteiger partial charge in [-0.15, -0.1) is 0 Å². The van der Waals surface area contributed by atoms with Gasteiger partial charge in [-0.2, -0.15) is 0 Å². The maximum atomic E-state index is 13.2. The molecule has 1 fully saturated rings. The summed E-state index contributed by atoms with van der Waals surface area (Å²) in [4.78, 5) is 26.7. The predicted octanol–water partition coefficient (Wildman–Crippen LogP) is 5.95. The van der Waals surface area contributed by atoms with E-state index in [-0.39, 0.29) is 4.32 Å². The fraction of sp³-hybridized carbons (Fsp3) is 0.115. The molecule has 0 radical (unpaired) electrons. The fourth-order valence-electron chi connectivity index (χ4n) is 3.53. The van der Waals surface area contributed by atoms with Crippen molar-refractivity contribution >= 4 is 57.9 Å². The van der Waals surface area contributed by atoms with E-state index in [9.17, 15) is 14.7 Å². The average molecular weight is 526 g/mol. The molecule has 1 aliphatic heterocycles. The first-order chi connectivity index (χ1) is 16.9. The van der Waals surface area contributed by atoms with Crippen molar-refractivity contribution in [2.75, 3.05) is 7.11 Å². The third kappa shape index (κ3) is 5.67. The van der Waals surface area contributed by atoms with E-state index in [1.807, 2.05) is 12.1 Å². The molecule has 1 saturated heterocycles. The molecule has 3 aromatic carbocycles. The van der Waals surface area contributed by atoms with Crippen LogP contribution in [0.3, 0.4) is 0 Å². The third-order valence-electron chi connectivity index (χ3n) is 5.22. The Hall–Kier alpha value is -3.33. The Morgan fingerprint density at radius 1 is 1.11 bits per heavy atom. The Morgan fingerprint density at radius 3 is 2.49 bits per heavy atom. The van der Waals surface area contributed by atoms with Gasteiger partial charge < -0.3 is 14.6 Å². The standard InChI is InChI=1S/C26H20ClNO5S2/c1-32-21-13-17(9-12-20(21)33-15-16-7-10-19(27)11-8-16)14-22-24(29)28(26(34)35-22)23(25(30)31)18-5-3-2-4-6-18/h2-14,23H,15H2,1H3,(H,30,31)/b22-14-. The van der Waals surface area contributed by atoms with Crippen LogP contribution in [0.25, 0.3) is 6.08 Å². The number of hydrogen-bond donors (Lipinski definition) is 1. The number of carboxylic acids is 1. The van der Waals surface area contributed by atoms with Crippen molar-refractivity contribution in [1.29, 1.82) is 0 Å². The Kier molecular flexibility index (Phi) is 7.75. The summed E-state index contributed by atoms with van der Waals surface area (Å²) in [7, 11) is 1.53. The monoisotopic (exact) mass is 525 g/mol. The van der Waals surface area contributed by atoms with E-state index < -0.39 is 17.9 Å². The lowest BCUT2D eigenvalue weighted by molar-refractivity contribution is -0.145. The lowest BCUT2D eigenvalue weighted by atomic mass is 10.1. The molecule has 0 saturated carbocycles. The molecule has 9 heteroatoms. The van der Waals surface area contributed by atoms with Crippen molar-refractivity contribution in [2.45, 2.75) is 12.6 Å². The van der Waals surface area contributed by atoms with Crippen molar-refractivity contribution in [1.82, 2.24) is 4.90 Å². The van der Waals surface area contributed by atoms with Gasteiger partial charge in [-0.05, 0) is 47.0 Å². The van der Waals surface area contributed by atoms with Gasteiger partial charge in [0, 0.05) is 5.02 Å². The second kappa shape index (κ2) is 10.9. The van der Waals surface area contributed by atoms with Gasteiger partial charge in [0.25, 0.3) is 5.91 Å². The number of thiocarbonyl (C=S) groups is 1. The number of aliphatic carboxylic acids is 1. The number of hydrogen-bond acceptors (Lipinski definition) is 6. The van der Waals surface area contributed by atoms with Crippen LogP contribution in [0, 0.1) is 0 Å². The second-order valence-electron chi connectivity index (χ2n) is 7.53. The molecule has 1 aliphatic rings. The van der Waals surface area contributed by atoms with Gasteiger partial charge in [0.2, 0.25) is 0 Å². The van der Waals surface area contributed by atoms with Crippen molar-refractivity contribution in [2.24, 2.45) is 0 Å². The van der Waals surface area contributed by atoms with Gasteiger partial charge in [0.05, 0.1) is 12.0 Å². The number of amides is 1. The van der Waals surface area contributed by atoms with E-state index in [1.165, 1.54) is 7.11 Å². The van der Waals surface area contributed by atoms with Gasteiger partial charge in [0.1, 0.15) is 10.9 Å². The number of ether oxygens (including phenoxy) is 2. The van der Waals surface area contributed by atoms with Gasteiger partial charge >= 0.3 is 5.97 Å². The minimum Gasteiger partial charge on any atom is -0.493 e. The fourth-order valence-corrected chi connectivity index (χ4v) is 4.97. The molecule has 0 bridgehead atoms. The number of thioether (sulfide) groups is 1. The van der Waals surface area contributed by atoms with Crippen LogP contribution in [0.5, 0.6) is 11.5 Å². The minimum absolute atomic E-state index is 0.187. The normalized spacial score (nSPS) is 15.4. The van der Waals surface area contributed by atoms with Crippen LogP contribution >= 0.6 is 35.6 Å². The van der Waals surface area contributed by atoms with Crippen molar-refractivity contribution in [3.05, 3.63) is 99.4 Å². The van der Waals surface area contributed by atoms with Crippen molar-refractivity contribution in [3.8, 4) is 11.5 Å². The Labute approximate surface area is 217 Å². The van der Waals surface area contributed by atoms with Crippen molar-refractivity contribution < 1.29 is 24.2 Å². The molecular weight excluding hydrogens is 506 g/mol. The van der Waals surface area contributed by atoms with Crippen LogP contribution in [0.15, 0.2) is 77.7 Å². The SMILES string of the molecule is COc1cc(/C=C2\SC(=S)N(C(C(=O)O)c3ccccc3)C2=O)ccc1OCc1ccc(Cl)cc1. The van der Waals surface area contributed by atoms with E-state index in [1.54, 1.807) is 66.7 Å². The Bertz CT molecular complexity index is 1290. The number of methoxy groups -OCH3 is 1. The molecule has 1 amide bonds. The third-order valence-corrected chi connectivity index (χ3v) is 6.81. The molecule has 0 spiro atoms. The molecule has 35 heavy (non-hydrogen) atoms. The molecule has 1 N–H and O–H groups in total. The van der Waals surface area contributed by atoms with Crippen LogP contribution in [0.1, 0.15) is 22.7 Å². The second-order valence-corrected chi connectivity index (χ2v) is 9.64. The van der Waals surface area contributed by atoms with E-state index in [2.05, 4.69) is 0 Å². The van der Waals surface area contributed by atoms with Crippen LogP contribution in [0.2, 0.25) is 5.02 Å². The average Bonchev–Trinajstić information content (AvgIpc) is 3.12. The maximum absolute atomic E-state index is 13.2. The summed E-state index contributed by atoms with van der Waals surface area (Å²) in [6.45, 7) is 0.335. The molecule has 1 atom stereocenters. The lowest BCUT2D eigenvalue weighted by Crippen LogP contribution is -2.37. The highest BCUT2D eigenvalue weighted by atomic mass is 35.5. The number of benzene rings is 3.